The molecule has 2 aliphatic heterocycles. The molecule has 0 amide bonds. The van der Waals surface area contributed by atoms with Crippen molar-refractivity contribution >= 4 is 34.3 Å². The summed E-state index contributed by atoms with van der Waals surface area (Å²) in [4.78, 5) is 14.3. The zero-order valence-electron chi connectivity index (χ0n) is 20.0. The fraction of sp³-hybridized carbons (Fsp3) is 0.462. The quantitative estimate of drug-likeness (QED) is 0.504. The van der Waals surface area contributed by atoms with Crippen molar-refractivity contribution in [1.29, 1.82) is 0 Å². The van der Waals surface area contributed by atoms with Gasteiger partial charge in [-0.3, -0.25) is 4.90 Å². The Balaban J connectivity index is 1.25. The van der Waals surface area contributed by atoms with E-state index in [1.165, 1.54) is 6.07 Å². The van der Waals surface area contributed by atoms with Crippen molar-refractivity contribution in [2.75, 3.05) is 56.2 Å². The largest absolute Gasteiger partial charge is 0.491 e. The number of fused-ring (bicyclic) bond motifs is 1. The van der Waals surface area contributed by atoms with E-state index in [1.54, 1.807) is 0 Å². The monoisotopic (exact) mass is 499 g/mol. The summed E-state index contributed by atoms with van der Waals surface area (Å²) in [7, 11) is 0. The summed E-state index contributed by atoms with van der Waals surface area (Å²) in [5, 5.41) is 5.22. The minimum absolute atomic E-state index is 0.292. The Kier molecular flexibility index (Phi) is 7.51. The van der Waals surface area contributed by atoms with Crippen LogP contribution in [-0.2, 0) is 11.3 Å². The molecule has 2 aromatic carbocycles. The number of piperidine rings is 1. The normalized spacial score (nSPS) is 17.6. The van der Waals surface area contributed by atoms with Gasteiger partial charge in [-0.05, 0) is 55.7 Å². The van der Waals surface area contributed by atoms with Crippen molar-refractivity contribution in [2.45, 2.75) is 32.4 Å². The van der Waals surface area contributed by atoms with Gasteiger partial charge < -0.3 is 19.7 Å². The van der Waals surface area contributed by atoms with E-state index >= 15 is 0 Å². The Morgan fingerprint density at radius 2 is 1.89 bits per heavy atom. The Labute approximate surface area is 210 Å². The van der Waals surface area contributed by atoms with E-state index in [-0.39, 0.29) is 5.82 Å². The van der Waals surface area contributed by atoms with Crippen LogP contribution in [0.3, 0.4) is 0 Å². The van der Waals surface area contributed by atoms with Crippen LogP contribution in [-0.4, -0.2) is 66.9 Å². The van der Waals surface area contributed by atoms with Crippen LogP contribution in [0, 0.1) is 5.82 Å². The number of morpholine rings is 1. The Bertz CT molecular complexity index is 1170. The van der Waals surface area contributed by atoms with Crippen LogP contribution < -0.4 is 15.0 Å². The second kappa shape index (κ2) is 10.9. The second-order valence-corrected chi connectivity index (χ2v) is 9.46. The summed E-state index contributed by atoms with van der Waals surface area (Å²) < 4.78 is 24.8. The van der Waals surface area contributed by atoms with E-state index in [0.29, 0.717) is 42.6 Å². The van der Waals surface area contributed by atoms with Gasteiger partial charge >= 0.3 is 0 Å². The highest BCUT2D eigenvalue weighted by Crippen LogP contribution is 2.29. The summed E-state index contributed by atoms with van der Waals surface area (Å²) in [5.41, 5.74) is 1.94. The molecule has 2 saturated heterocycles. The van der Waals surface area contributed by atoms with Gasteiger partial charge in [0.1, 0.15) is 5.82 Å². The maximum absolute atomic E-state index is 13.9. The molecular weight excluding hydrogens is 469 g/mol. The zero-order valence-corrected chi connectivity index (χ0v) is 20.7. The van der Waals surface area contributed by atoms with Crippen LogP contribution in [0.2, 0.25) is 5.02 Å². The standard InChI is InChI=1S/C26H31ClFN5O2/c1-2-35-24-15-18(3-5-22(24)28)17-32-9-7-20(8-10-32)29-26-30-23-6-4-19(27)16-21(23)25(31-26)33-11-13-34-14-12-33/h3-6,15-16,20H,2,7-14,17H2,1H3,(H,29,30,31). The molecule has 2 aliphatic rings. The summed E-state index contributed by atoms with van der Waals surface area (Å²) in [6, 6.07) is 11.2. The molecule has 3 heterocycles. The smallest absolute Gasteiger partial charge is 0.225 e. The third kappa shape index (κ3) is 5.77. The lowest BCUT2D eigenvalue weighted by molar-refractivity contribution is 0.122. The first-order chi connectivity index (χ1) is 17.1. The van der Waals surface area contributed by atoms with Gasteiger partial charge in [0.05, 0.1) is 25.3 Å². The van der Waals surface area contributed by atoms with Crippen LogP contribution in [0.1, 0.15) is 25.3 Å². The average molecular weight is 500 g/mol. The van der Waals surface area contributed by atoms with E-state index in [9.17, 15) is 4.39 Å². The van der Waals surface area contributed by atoms with E-state index < -0.39 is 0 Å². The maximum Gasteiger partial charge on any atom is 0.225 e. The zero-order chi connectivity index (χ0) is 24.2. The number of hydrogen-bond acceptors (Lipinski definition) is 7. The molecule has 3 aromatic rings. The van der Waals surface area contributed by atoms with Gasteiger partial charge in [-0.15, -0.1) is 0 Å². The Morgan fingerprint density at radius 3 is 2.66 bits per heavy atom. The summed E-state index contributed by atoms with van der Waals surface area (Å²) in [5.74, 6) is 1.57. The molecule has 2 fully saturated rings. The molecular formula is C26H31ClFN5O2. The minimum Gasteiger partial charge on any atom is -0.491 e. The van der Waals surface area contributed by atoms with Crippen LogP contribution in [0.25, 0.3) is 10.9 Å². The van der Waals surface area contributed by atoms with Crippen LogP contribution in [0.5, 0.6) is 5.75 Å². The molecule has 5 rings (SSSR count). The number of nitrogens with zero attached hydrogens (tertiary/aromatic N) is 4. The summed E-state index contributed by atoms with van der Waals surface area (Å²) >= 11 is 6.28. The van der Waals surface area contributed by atoms with Gasteiger partial charge in [0.15, 0.2) is 11.6 Å². The third-order valence-electron chi connectivity index (χ3n) is 6.57. The molecule has 9 heteroatoms. The molecule has 1 N–H and O–H groups in total. The van der Waals surface area contributed by atoms with Crippen LogP contribution in [0.15, 0.2) is 36.4 Å². The minimum atomic E-state index is -0.312. The number of benzene rings is 2. The first-order valence-corrected chi connectivity index (χ1v) is 12.7. The molecule has 0 unspecified atom stereocenters. The number of likely N-dealkylation sites (tertiary alicyclic amines) is 1. The average Bonchev–Trinajstić information content (AvgIpc) is 2.88. The third-order valence-corrected chi connectivity index (χ3v) is 6.81. The SMILES string of the molecule is CCOc1cc(CN2CCC(Nc3nc(N4CCOCC4)c4cc(Cl)ccc4n3)CC2)ccc1F. The molecule has 186 valence electrons. The van der Waals surface area contributed by atoms with Crippen molar-refractivity contribution in [3.63, 3.8) is 0 Å². The van der Waals surface area contributed by atoms with Crippen molar-refractivity contribution in [3.8, 4) is 5.75 Å². The molecule has 7 nitrogen and oxygen atoms in total. The van der Waals surface area contributed by atoms with Gasteiger partial charge in [0.2, 0.25) is 5.95 Å². The van der Waals surface area contributed by atoms with E-state index in [0.717, 1.165) is 67.8 Å². The second-order valence-electron chi connectivity index (χ2n) is 9.02. The summed E-state index contributed by atoms with van der Waals surface area (Å²) in [6.07, 6.45) is 1.96. The van der Waals surface area contributed by atoms with Gasteiger partial charge in [-0.1, -0.05) is 17.7 Å². The number of hydrogen-bond donors (Lipinski definition) is 1. The van der Waals surface area contributed by atoms with Crippen LogP contribution in [0.4, 0.5) is 16.2 Å². The Hall–Kier alpha value is -2.68. The predicted molar refractivity (Wildman–Crippen MR) is 137 cm³/mol. The fourth-order valence-electron chi connectivity index (χ4n) is 4.75. The highest BCUT2D eigenvalue weighted by atomic mass is 35.5. The number of rotatable bonds is 7. The maximum atomic E-state index is 13.9. The summed E-state index contributed by atoms with van der Waals surface area (Å²) in [6.45, 7) is 7.95. The topological polar surface area (TPSA) is 62.8 Å². The first-order valence-electron chi connectivity index (χ1n) is 12.3. The lowest BCUT2D eigenvalue weighted by Crippen LogP contribution is -2.39. The van der Waals surface area contributed by atoms with E-state index in [2.05, 4.69) is 15.1 Å². The van der Waals surface area contributed by atoms with Crippen molar-refractivity contribution < 1.29 is 13.9 Å². The highest BCUT2D eigenvalue weighted by Gasteiger charge is 2.22. The molecule has 0 atom stereocenters. The van der Waals surface area contributed by atoms with Crippen molar-refractivity contribution in [3.05, 3.63) is 52.8 Å². The lowest BCUT2D eigenvalue weighted by atomic mass is 10.0. The molecule has 0 radical (unpaired) electrons. The molecule has 0 bridgehead atoms. The van der Waals surface area contributed by atoms with Gasteiger partial charge in [0.25, 0.3) is 0 Å². The number of anilines is 2. The molecule has 0 aliphatic carbocycles. The number of nitrogens with one attached hydrogen (secondary N) is 1. The van der Waals surface area contributed by atoms with Crippen molar-refractivity contribution in [1.82, 2.24) is 14.9 Å². The highest BCUT2D eigenvalue weighted by molar-refractivity contribution is 6.31. The van der Waals surface area contributed by atoms with Gasteiger partial charge in [0, 0.05) is 49.2 Å². The number of halogens is 2. The fourth-order valence-corrected chi connectivity index (χ4v) is 4.93. The lowest BCUT2D eigenvalue weighted by Gasteiger charge is -2.33. The molecule has 35 heavy (non-hydrogen) atoms. The number of ether oxygens (including phenoxy) is 2. The van der Waals surface area contributed by atoms with Gasteiger partial charge in [-0.25, -0.2) is 9.37 Å². The van der Waals surface area contributed by atoms with Crippen molar-refractivity contribution in [2.24, 2.45) is 0 Å². The Morgan fingerprint density at radius 1 is 1.09 bits per heavy atom. The predicted octanol–water partition coefficient (Wildman–Crippen LogP) is 4.73. The molecule has 1 aromatic heterocycles. The number of aromatic nitrogens is 2. The molecule has 0 spiro atoms. The molecule has 0 saturated carbocycles. The van der Waals surface area contributed by atoms with E-state index in [4.69, 9.17) is 31.0 Å². The van der Waals surface area contributed by atoms with Gasteiger partial charge in [-0.2, -0.15) is 4.98 Å². The van der Waals surface area contributed by atoms with Crippen LogP contribution >= 0.6 is 11.6 Å². The first kappa shape index (κ1) is 24.0. The van der Waals surface area contributed by atoms with E-state index in [1.807, 2.05) is 37.3 Å².